The number of carbonyl (C=O) groups excluding carboxylic acids is 1. The van der Waals surface area contributed by atoms with Crippen molar-refractivity contribution in [3.63, 3.8) is 0 Å². The molecular formula is C15H12FN3O2S. The highest BCUT2D eigenvalue weighted by Gasteiger charge is 2.12. The number of nitrogens with zero attached hydrogens (tertiary/aromatic N) is 2. The Kier molecular flexibility index (Phi) is 3.97. The third-order valence-corrected chi connectivity index (χ3v) is 3.99. The first-order valence-corrected chi connectivity index (χ1v) is 7.36. The Morgan fingerprint density at radius 1 is 1.27 bits per heavy atom. The number of thiophene rings is 1. The summed E-state index contributed by atoms with van der Waals surface area (Å²) >= 11 is 1.48. The Morgan fingerprint density at radius 2 is 2.05 bits per heavy atom. The van der Waals surface area contributed by atoms with Gasteiger partial charge in [0.15, 0.2) is 0 Å². The van der Waals surface area contributed by atoms with Gasteiger partial charge < -0.3 is 9.84 Å². The lowest BCUT2D eigenvalue weighted by atomic mass is 10.2. The Bertz CT molecular complexity index is 795. The molecule has 0 bridgehead atoms. The summed E-state index contributed by atoms with van der Waals surface area (Å²) in [6.07, 6.45) is 0. The average Bonchev–Trinajstić information content (AvgIpc) is 3.15. The van der Waals surface area contributed by atoms with E-state index in [4.69, 9.17) is 4.52 Å². The van der Waals surface area contributed by atoms with E-state index >= 15 is 0 Å². The van der Waals surface area contributed by atoms with Gasteiger partial charge in [0.2, 0.25) is 11.7 Å². The van der Waals surface area contributed by atoms with Gasteiger partial charge in [-0.25, -0.2) is 4.39 Å². The van der Waals surface area contributed by atoms with Gasteiger partial charge in [0.05, 0.1) is 11.4 Å². The van der Waals surface area contributed by atoms with Crippen molar-refractivity contribution in [3.8, 4) is 22.2 Å². The fourth-order valence-electron chi connectivity index (χ4n) is 1.84. The van der Waals surface area contributed by atoms with E-state index in [0.717, 1.165) is 9.75 Å². The molecule has 0 aliphatic rings. The molecule has 22 heavy (non-hydrogen) atoms. The molecule has 0 saturated heterocycles. The van der Waals surface area contributed by atoms with Crippen molar-refractivity contribution in [1.29, 1.82) is 0 Å². The number of rotatable bonds is 4. The van der Waals surface area contributed by atoms with E-state index in [9.17, 15) is 9.18 Å². The van der Waals surface area contributed by atoms with Crippen LogP contribution < -0.4 is 5.32 Å². The molecule has 1 N–H and O–H groups in total. The Balaban J connectivity index is 1.79. The number of nitrogens with one attached hydrogen (secondary N) is 1. The van der Waals surface area contributed by atoms with Crippen LogP contribution in [-0.2, 0) is 11.3 Å². The van der Waals surface area contributed by atoms with Crippen LogP contribution in [0.4, 0.5) is 4.39 Å². The summed E-state index contributed by atoms with van der Waals surface area (Å²) in [5.74, 6) is 0.419. The van der Waals surface area contributed by atoms with Gasteiger partial charge in [-0.05, 0) is 36.4 Å². The molecule has 0 unspecified atom stereocenters. The Hall–Kier alpha value is -2.54. The maximum atomic E-state index is 12.9. The van der Waals surface area contributed by atoms with E-state index in [-0.39, 0.29) is 11.7 Å². The monoisotopic (exact) mass is 317 g/mol. The standard InChI is InChI=1S/C15H12FN3O2S/c1-9(20)17-8-12-6-7-13(22-12)14-18-15(21-19-14)10-2-4-11(16)5-3-10/h2-7H,8H2,1H3,(H,17,20). The molecule has 0 radical (unpaired) electrons. The molecule has 2 heterocycles. The number of carbonyl (C=O) groups is 1. The second kappa shape index (κ2) is 6.07. The first-order valence-electron chi connectivity index (χ1n) is 6.55. The normalized spacial score (nSPS) is 10.6. The summed E-state index contributed by atoms with van der Waals surface area (Å²) in [7, 11) is 0. The minimum atomic E-state index is -0.315. The minimum absolute atomic E-state index is 0.0758. The molecule has 0 fully saturated rings. The van der Waals surface area contributed by atoms with Gasteiger partial charge in [-0.2, -0.15) is 4.98 Å². The zero-order valence-corrected chi connectivity index (χ0v) is 12.5. The minimum Gasteiger partial charge on any atom is -0.351 e. The Morgan fingerprint density at radius 3 is 2.77 bits per heavy atom. The molecule has 0 aliphatic carbocycles. The van der Waals surface area contributed by atoms with Gasteiger partial charge in [0.1, 0.15) is 5.82 Å². The molecule has 7 heteroatoms. The summed E-state index contributed by atoms with van der Waals surface area (Å²) < 4.78 is 18.1. The summed E-state index contributed by atoms with van der Waals surface area (Å²) in [6, 6.07) is 9.64. The van der Waals surface area contributed by atoms with Crippen LogP contribution in [0, 0.1) is 5.82 Å². The van der Waals surface area contributed by atoms with Gasteiger partial charge in [0, 0.05) is 17.4 Å². The van der Waals surface area contributed by atoms with E-state index < -0.39 is 0 Å². The van der Waals surface area contributed by atoms with Crippen molar-refractivity contribution in [1.82, 2.24) is 15.5 Å². The quantitative estimate of drug-likeness (QED) is 0.802. The number of hydrogen-bond donors (Lipinski definition) is 1. The van der Waals surface area contributed by atoms with Crippen LogP contribution in [0.5, 0.6) is 0 Å². The lowest BCUT2D eigenvalue weighted by molar-refractivity contribution is -0.119. The summed E-state index contributed by atoms with van der Waals surface area (Å²) in [4.78, 5) is 17.1. The van der Waals surface area contributed by atoms with Crippen LogP contribution in [0.15, 0.2) is 40.9 Å². The van der Waals surface area contributed by atoms with Gasteiger partial charge in [-0.1, -0.05) is 5.16 Å². The molecule has 0 spiro atoms. The first kappa shape index (κ1) is 14.4. The van der Waals surface area contributed by atoms with Crippen LogP contribution in [0.25, 0.3) is 22.2 Å². The predicted molar refractivity (Wildman–Crippen MR) is 80.5 cm³/mol. The zero-order chi connectivity index (χ0) is 15.5. The van der Waals surface area contributed by atoms with Crippen LogP contribution in [0.3, 0.4) is 0 Å². The maximum absolute atomic E-state index is 12.9. The molecular weight excluding hydrogens is 305 g/mol. The molecule has 5 nitrogen and oxygen atoms in total. The van der Waals surface area contributed by atoms with Gasteiger partial charge in [0.25, 0.3) is 5.89 Å². The topological polar surface area (TPSA) is 68.0 Å². The maximum Gasteiger partial charge on any atom is 0.258 e. The molecule has 1 amide bonds. The van der Waals surface area contributed by atoms with Crippen molar-refractivity contribution in [2.75, 3.05) is 0 Å². The van der Waals surface area contributed by atoms with Crippen LogP contribution in [0.2, 0.25) is 0 Å². The number of amides is 1. The van der Waals surface area contributed by atoms with Crippen LogP contribution in [0.1, 0.15) is 11.8 Å². The molecule has 2 aromatic heterocycles. The third kappa shape index (κ3) is 3.20. The highest BCUT2D eigenvalue weighted by molar-refractivity contribution is 7.15. The smallest absolute Gasteiger partial charge is 0.258 e. The summed E-state index contributed by atoms with van der Waals surface area (Å²) in [5, 5.41) is 6.67. The molecule has 0 aliphatic heterocycles. The largest absolute Gasteiger partial charge is 0.351 e. The number of benzene rings is 1. The molecule has 0 saturated carbocycles. The molecule has 3 rings (SSSR count). The van der Waals surface area contributed by atoms with Crippen molar-refractivity contribution < 1.29 is 13.7 Å². The number of hydrogen-bond acceptors (Lipinski definition) is 5. The van der Waals surface area contributed by atoms with Gasteiger partial charge >= 0.3 is 0 Å². The highest BCUT2D eigenvalue weighted by Crippen LogP contribution is 2.28. The lowest BCUT2D eigenvalue weighted by Crippen LogP contribution is -2.17. The summed E-state index contributed by atoms with van der Waals surface area (Å²) in [6.45, 7) is 1.95. The SMILES string of the molecule is CC(=O)NCc1ccc(-c2noc(-c3ccc(F)cc3)n2)s1. The molecule has 0 atom stereocenters. The average molecular weight is 317 g/mol. The Labute approximate surface area is 129 Å². The van der Waals surface area contributed by atoms with E-state index in [2.05, 4.69) is 15.5 Å². The van der Waals surface area contributed by atoms with E-state index in [1.165, 1.54) is 30.4 Å². The van der Waals surface area contributed by atoms with Crippen molar-refractivity contribution in [2.24, 2.45) is 0 Å². The zero-order valence-electron chi connectivity index (χ0n) is 11.7. The van der Waals surface area contributed by atoms with E-state index in [0.29, 0.717) is 23.8 Å². The van der Waals surface area contributed by atoms with Crippen LogP contribution >= 0.6 is 11.3 Å². The number of aromatic nitrogens is 2. The van der Waals surface area contributed by atoms with E-state index in [1.807, 2.05) is 12.1 Å². The fraction of sp³-hybridized carbons (Fsp3) is 0.133. The predicted octanol–water partition coefficient (Wildman–Crippen LogP) is 3.24. The van der Waals surface area contributed by atoms with Crippen LogP contribution in [-0.4, -0.2) is 16.0 Å². The third-order valence-electron chi connectivity index (χ3n) is 2.91. The van der Waals surface area contributed by atoms with Crippen molar-refractivity contribution >= 4 is 17.2 Å². The second-order valence-electron chi connectivity index (χ2n) is 4.61. The van der Waals surface area contributed by atoms with Crippen molar-refractivity contribution in [2.45, 2.75) is 13.5 Å². The lowest BCUT2D eigenvalue weighted by Gasteiger charge is -1.96. The highest BCUT2D eigenvalue weighted by atomic mass is 32.1. The van der Waals surface area contributed by atoms with Crippen molar-refractivity contribution in [3.05, 3.63) is 47.1 Å². The fourth-order valence-corrected chi connectivity index (χ4v) is 2.71. The first-order chi connectivity index (χ1) is 10.6. The van der Waals surface area contributed by atoms with E-state index in [1.54, 1.807) is 12.1 Å². The number of halogens is 1. The molecule has 3 aromatic rings. The van der Waals surface area contributed by atoms with Gasteiger partial charge in [-0.3, -0.25) is 4.79 Å². The molecule has 1 aromatic carbocycles. The molecule has 112 valence electrons. The second-order valence-corrected chi connectivity index (χ2v) is 5.77. The summed E-state index contributed by atoms with van der Waals surface area (Å²) in [5.41, 5.74) is 0.662. The van der Waals surface area contributed by atoms with Gasteiger partial charge in [-0.15, -0.1) is 11.3 Å².